The highest BCUT2D eigenvalue weighted by atomic mass is 16.7. The van der Waals surface area contributed by atoms with Crippen molar-refractivity contribution in [3.63, 3.8) is 0 Å². The van der Waals surface area contributed by atoms with Crippen molar-refractivity contribution < 1.29 is 28.5 Å². The molecular formula is C25H29NO6. The predicted molar refractivity (Wildman–Crippen MR) is 121 cm³/mol. The second-order valence-electron chi connectivity index (χ2n) is 8.35. The zero-order valence-corrected chi connectivity index (χ0v) is 18.8. The highest BCUT2D eigenvalue weighted by molar-refractivity contribution is 6.03. The van der Waals surface area contributed by atoms with Crippen LogP contribution >= 0.6 is 0 Å². The smallest absolute Gasteiger partial charge is 0.354 e. The van der Waals surface area contributed by atoms with Crippen molar-refractivity contribution in [2.24, 2.45) is 11.8 Å². The lowest BCUT2D eigenvalue weighted by Crippen LogP contribution is -2.29. The zero-order chi connectivity index (χ0) is 23.1. The van der Waals surface area contributed by atoms with Gasteiger partial charge in [0.05, 0.1) is 13.2 Å². The molecule has 0 spiro atoms. The van der Waals surface area contributed by atoms with E-state index in [2.05, 4.69) is 19.2 Å². The molecule has 0 fully saturated rings. The first-order valence-corrected chi connectivity index (χ1v) is 10.6. The molecule has 0 saturated carbocycles. The average molecular weight is 440 g/mol. The molecule has 1 heterocycles. The molecule has 1 aliphatic heterocycles. The summed E-state index contributed by atoms with van der Waals surface area (Å²) in [5.41, 5.74) is 1.10. The van der Waals surface area contributed by atoms with Gasteiger partial charge in [-0.2, -0.15) is 0 Å². The van der Waals surface area contributed by atoms with Crippen LogP contribution in [-0.2, 0) is 9.53 Å². The average Bonchev–Trinajstić information content (AvgIpc) is 3.23. The van der Waals surface area contributed by atoms with Crippen LogP contribution in [0.5, 0.6) is 17.2 Å². The lowest BCUT2D eigenvalue weighted by Gasteiger charge is -2.13. The first-order chi connectivity index (χ1) is 15.3. The molecule has 7 heteroatoms. The molecular weight excluding hydrogens is 410 g/mol. The van der Waals surface area contributed by atoms with Crippen LogP contribution in [0, 0.1) is 11.8 Å². The number of rotatable bonds is 9. The second-order valence-corrected chi connectivity index (χ2v) is 8.35. The summed E-state index contributed by atoms with van der Waals surface area (Å²) in [5, 5.41) is 2.68. The van der Waals surface area contributed by atoms with E-state index >= 15 is 0 Å². The fourth-order valence-electron chi connectivity index (χ4n) is 2.80. The van der Waals surface area contributed by atoms with E-state index in [0.29, 0.717) is 40.9 Å². The van der Waals surface area contributed by atoms with Crippen LogP contribution in [0.1, 0.15) is 43.6 Å². The fraction of sp³-hybridized carbons (Fsp3) is 0.360. The van der Waals surface area contributed by atoms with Crippen molar-refractivity contribution in [1.29, 1.82) is 0 Å². The molecule has 2 aromatic carbocycles. The highest BCUT2D eigenvalue weighted by Gasteiger charge is 2.18. The van der Waals surface area contributed by atoms with Crippen LogP contribution in [0.4, 0.5) is 0 Å². The van der Waals surface area contributed by atoms with Crippen LogP contribution in [-0.4, -0.2) is 31.9 Å². The monoisotopic (exact) mass is 439 g/mol. The number of esters is 1. The Kier molecular flexibility index (Phi) is 7.76. The second kappa shape index (κ2) is 10.7. The van der Waals surface area contributed by atoms with Gasteiger partial charge in [-0.15, -0.1) is 0 Å². The molecule has 3 rings (SSSR count). The van der Waals surface area contributed by atoms with E-state index in [1.165, 1.54) is 0 Å². The summed E-state index contributed by atoms with van der Waals surface area (Å²) in [4.78, 5) is 25.5. The number of hydrogen-bond donors (Lipinski definition) is 1. The Bertz CT molecular complexity index is 978. The summed E-state index contributed by atoms with van der Waals surface area (Å²) >= 11 is 0. The fourth-order valence-corrected chi connectivity index (χ4v) is 2.80. The molecule has 170 valence electrons. The highest BCUT2D eigenvalue weighted by Crippen LogP contribution is 2.33. The molecule has 2 aromatic rings. The summed E-state index contributed by atoms with van der Waals surface area (Å²) in [5.74, 6) is 1.43. The molecule has 0 bridgehead atoms. The SMILES string of the molecule is CC(C)COC(=O)C(=Cc1ccc2c(c1)OCO2)NC(=O)c1ccc(OCC(C)C)cc1. The van der Waals surface area contributed by atoms with Gasteiger partial charge in [0.15, 0.2) is 11.5 Å². The Labute approximate surface area is 188 Å². The van der Waals surface area contributed by atoms with Crippen molar-refractivity contribution in [1.82, 2.24) is 5.32 Å². The first-order valence-electron chi connectivity index (χ1n) is 10.6. The van der Waals surface area contributed by atoms with Crippen LogP contribution in [0.3, 0.4) is 0 Å². The van der Waals surface area contributed by atoms with E-state index < -0.39 is 11.9 Å². The third kappa shape index (κ3) is 6.51. The van der Waals surface area contributed by atoms with Gasteiger partial charge in [-0.25, -0.2) is 4.79 Å². The van der Waals surface area contributed by atoms with Gasteiger partial charge >= 0.3 is 5.97 Å². The number of fused-ring (bicyclic) bond motifs is 1. The van der Waals surface area contributed by atoms with Gasteiger partial charge in [0, 0.05) is 5.56 Å². The van der Waals surface area contributed by atoms with E-state index in [1.807, 2.05) is 13.8 Å². The molecule has 0 saturated heterocycles. The Balaban J connectivity index is 1.77. The Morgan fingerprint density at radius 1 is 0.969 bits per heavy atom. The minimum atomic E-state index is -0.610. The molecule has 1 aliphatic rings. The van der Waals surface area contributed by atoms with Gasteiger partial charge < -0.3 is 24.3 Å². The predicted octanol–water partition coefficient (Wildman–Crippen LogP) is 4.42. The molecule has 1 N–H and O–H groups in total. The summed E-state index contributed by atoms with van der Waals surface area (Å²) in [6.07, 6.45) is 1.56. The lowest BCUT2D eigenvalue weighted by atomic mass is 10.1. The molecule has 0 atom stereocenters. The maximum atomic E-state index is 12.8. The van der Waals surface area contributed by atoms with Gasteiger partial charge in [0.25, 0.3) is 5.91 Å². The van der Waals surface area contributed by atoms with Gasteiger partial charge in [0.1, 0.15) is 11.4 Å². The topological polar surface area (TPSA) is 83.1 Å². The maximum Gasteiger partial charge on any atom is 0.354 e. The molecule has 0 aliphatic carbocycles. The van der Waals surface area contributed by atoms with E-state index in [9.17, 15) is 9.59 Å². The number of ether oxygens (including phenoxy) is 4. The zero-order valence-electron chi connectivity index (χ0n) is 18.8. The van der Waals surface area contributed by atoms with Crippen LogP contribution in [0.2, 0.25) is 0 Å². The van der Waals surface area contributed by atoms with Crippen molar-refractivity contribution in [3.05, 3.63) is 59.3 Å². The largest absolute Gasteiger partial charge is 0.493 e. The third-order valence-corrected chi connectivity index (χ3v) is 4.42. The molecule has 1 amide bonds. The van der Waals surface area contributed by atoms with Gasteiger partial charge in [-0.1, -0.05) is 33.8 Å². The van der Waals surface area contributed by atoms with Crippen molar-refractivity contribution in [2.75, 3.05) is 20.0 Å². The minimum absolute atomic E-state index is 0.0367. The number of carbonyl (C=O) groups excluding carboxylic acids is 2. The molecule has 0 radical (unpaired) electrons. The molecule has 32 heavy (non-hydrogen) atoms. The summed E-state index contributed by atoms with van der Waals surface area (Å²) < 4.78 is 21.7. The van der Waals surface area contributed by atoms with Gasteiger partial charge in [-0.3, -0.25) is 4.79 Å². The quantitative estimate of drug-likeness (QED) is 0.460. The Morgan fingerprint density at radius 2 is 1.66 bits per heavy atom. The van der Waals surface area contributed by atoms with Gasteiger partial charge in [-0.05, 0) is 59.9 Å². The lowest BCUT2D eigenvalue weighted by molar-refractivity contribution is -0.140. The number of hydrogen-bond acceptors (Lipinski definition) is 6. The molecule has 0 aromatic heterocycles. The van der Waals surface area contributed by atoms with E-state index in [-0.39, 0.29) is 25.0 Å². The number of nitrogens with one attached hydrogen (secondary N) is 1. The third-order valence-electron chi connectivity index (χ3n) is 4.42. The number of benzene rings is 2. The van der Waals surface area contributed by atoms with E-state index in [4.69, 9.17) is 18.9 Å². The summed E-state index contributed by atoms with van der Waals surface area (Å²) in [6.45, 7) is 9.00. The summed E-state index contributed by atoms with van der Waals surface area (Å²) in [7, 11) is 0. The van der Waals surface area contributed by atoms with Crippen LogP contribution in [0.25, 0.3) is 6.08 Å². The van der Waals surface area contributed by atoms with Gasteiger partial charge in [0.2, 0.25) is 6.79 Å². The number of carbonyl (C=O) groups is 2. The van der Waals surface area contributed by atoms with Crippen molar-refractivity contribution >= 4 is 18.0 Å². The maximum absolute atomic E-state index is 12.8. The summed E-state index contributed by atoms with van der Waals surface area (Å²) in [6, 6.07) is 12.0. The van der Waals surface area contributed by atoms with Crippen molar-refractivity contribution in [2.45, 2.75) is 27.7 Å². The van der Waals surface area contributed by atoms with Crippen LogP contribution < -0.4 is 19.5 Å². The minimum Gasteiger partial charge on any atom is -0.493 e. The first kappa shape index (κ1) is 23.2. The standard InChI is InChI=1S/C25H29NO6/c1-16(2)13-29-20-8-6-19(7-9-20)24(27)26-21(25(28)30-14-17(3)4)11-18-5-10-22-23(12-18)32-15-31-22/h5-12,16-17H,13-15H2,1-4H3,(H,26,27). The van der Waals surface area contributed by atoms with E-state index in [1.54, 1.807) is 48.5 Å². The van der Waals surface area contributed by atoms with E-state index in [0.717, 1.165) is 0 Å². The molecule has 0 unspecified atom stereocenters. The molecule has 7 nitrogen and oxygen atoms in total. The number of amides is 1. The normalized spacial score (nSPS) is 12.8. The van der Waals surface area contributed by atoms with Crippen LogP contribution in [0.15, 0.2) is 48.2 Å². The van der Waals surface area contributed by atoms with Crippen molar-refractivity contribution in [3.8, 4) is 17.2 Å². The Morgan fingerprint density at radius 3 is 2.34 bits per heavy atom. The Hall–Kier alpha value is -3.48.